The number of rotatable bonds is 8. The van der Waals surface area contributed by atoms with E-state index in [1.54, 1.807) is 31.3 Å². The first-order chi connectivity index (χ1) is 13.4. The van der Waals surface area contributed by atoms with Gasteiger partial charge in [0.25, 0.3) is 5.91 Å². The van der Waals surface area contributed by atoms with E-state index in [9.17, 15) is 9.59 Å². The Morgan fingerprint density at radius 2 is 1.68 bits per heavy atom. The van der Waals surface area contributed by atoms with E-state index in [0.717, 1.165) is 16.7 Å². The normalized spacial score (nSPS) is 10.3. The van der Waals surface area contributed by atoms with Crippen molar-refractivity contribution in [1.29, 1.82) is 0 Å². The van der Waals surface area contributed by atoms with Gasteiger partial charge < -0.3 is 19.1 Å². The van der Waals surface area contributed by atoms with Crippen molar-refractivity contribution >= 4 is 11.9 Å². The maximum Gasteiger partial charge on any atom is 0.338 e. The molecular formula is C22H27NO5. The zero-order valence-corrected chi connectivity index (χ0v) is 17.1. The number of likely N-dealkylation sites (N-methyl/N-ethyl adjacent to an activating group) is 1. The van der Waals surface area contributed by atoms with Crippen LogP contribution in [0.2, 0.25) is 0 Å². The first kappa shape index (κ1) is 21.3. The van der Waals surface area contributed by atoms with Crippen LogP contribution in [0, 0.1) is 13.8 Å². The molecule has 0 atom stereocenters. The number of amides is 1. The van der Waals surface area contributed by atoms with Crippen LogP contribution in [-0.4, -0.2) is 44.1 Å². The summed E-state index contributed by atoms with van der Waals surface area (Å²) in [6, 6.07) is 11.1. The number of carbonyl (C=O) groups excluding carboxylic acids is 2. The second kappa shape index (κ2) is 9.78. The Bertz CT molecular complexity index is 847. The van der Waals surface area contributed by atoms with Crippen molar-refractivity contribution in [2.75, 3.05) is 27.4 Å². The first-order valence-electron chi connectivity index (χ1n) is 9.12. The fourth-order valence-electron chi connectivity index (χ4n) is 2.83. The molecule has 0 bridgehead atoms. The summed E-state index contributed by atoms with van der Waals surface area (Å²) in [7, 11) is 3.14. The minimum atomic E-state index is -0.489. The Morgan fingerprint density at radius 3 is 2.32 bits per heavy atom. The minimum absolute atomic E-state index is 0.254. The molecule has 1 amide bonds. The van der Waals surface area contributed by atoms with Gasteiger partial charge in [0.15, 0.2) is 18.1 Å². The van der Waals surface area contributed by atoms with Gasteiger partial charge in [0, 0.05) is 13.1 Å². The molecule has 2 rings (SSSR count). The first-order valence-corrected chi connectivity index (χ1v) is 9.12. The summed E-state index contributed by atoms with van der Waals surface area (Å²) in [5.74, 6) is 0.487. The van der Waals surface area contributed by atoms with E-state index in [-0.39, 0.29) is 12.5 Å². The highest BCUT2D eigenvalue weighted by molar-refractivity contribution is 5.92. The number of esters is 1. The van der Waals surface area contributed by atoms with Crippen LogP contribution >= 0.6 is 0 Å². The number of hydrogen-bond acceptors (Lipinski definition) is 5. The molecule has 0 saturated carbocycles. The summed E-state index contributed by atoms with van der Waals surface area (Å²) in [6.45, 7) is 6.21. The van der Waals surface area contributed by atoms with Crippen molar-refractivity contribution in [3.63, 3.8) is 0 Å². The minimum Gasteiger partial charge on any atom is -0.493 e. The summed E-state index contributed by atoms with van der Waals surface area (Å²) in [5.41, 5.74) is 3.16. The van der Waals surface area contributed by atoms with E-state index in [0.29, 0.717) is 30.2 Å². The summed E-state index contributed by atoms with van der Waals surface area (Å²) in [4.78, 5) is 26.5. The maximum atomic E-state index is 12.5. The van der Waals surface area contributed by atoms with Gasteiger partial charge in [0.1, 0.15) is 0 Å². The third kappa shape index (κ3) is 5.25. The lowest BCUT2D eigenvalue weighted by Crippen LogP contribution is -2.34. The number of benzene rings is 2. The maximum absolute atomic E-state index is 12.5. The highest BCUT2D eigenvalue weighted by Gasteiger charge is 2.17. The van der Waals surface area contributed by atoms with Crippen molar-refractivity contribution in [3.05, 3.63) is 58.7 Å². The largest absolute Gasteiger partial charge is 0.493 e. The van der Waals surface area contributed by atoms with E-state index in [2.05, 4.69) is 0 Å². The number of hydrogen-bond donors (Lipinski definition) is 0. The third-order valence-electron chi connectivity index (χ3n) is 4.50. The molecule has 150 valence electrons. The molecule has 0 radical (unpaired) electrons. The zero-order chi connectivity index (χ0) is 20.7. The predicted octanol–water partition coefficient (Wildman–Crippen LogP) is 3.53. The Morgan fingerprint density at radius 1 is 0.964 bits per heavy atom. The van der Waals surface area contributed by atoms with Crippen LogP contribution in [0.15, 0.2) is 36.4 Å². The van der Waals surface area contributed by atoms with E-state index >= 15 is 0 Å². The molecule has 28 heavy (non-hydrogen) atoms. The molecule has 0 saturated heterocycles. The fraction of sp³-hybridized carbons (Fsp3) is 0.364. The van der Waals surface area contributed by atoms with Crippen LogP contribution in [-0.2, 0) is 16.1 Å². The second-order valence-electron chi connectivity index (χ2n) is 6.49. The molecule has 0 N–H and O–H groups in total. The van der Waals surface area contributed by atoms with Gasteiger partial charge >= 0.3 is 5.97 Å². The Balaban J connectivity index is 2.01. The molecule has 2 aromatic rings. The van der Waals surface area contributed by atoms with Crippen LogP contribution in [0.5, 0.6) is 11.5 Å². The molecule has 6 nitrogen and oxygen atoms in total. The number of nitrogens with zero attached hydrogens (tertiary/aromatic N) is 1. The van der Waals surface area contributed by atoms with Gasteiger partial charge in [-0.05, 0) is 50.1 Å². The van der Waals surface area contributed by atoms with Crippen molar-refractivity contribution in [1.82, 2.24) is 4.90 Å². The van der Waals surface area contributed by atoms with Crippen LogP contribution in [0.3, 0.4) is 0 Å². The van der Waals surface area contributed by atoms with E-state index in [4.69, 9.17) is 14.2 Å². The average molecular weight is 385 g/mol. The molecule has 0 unspecified atom stereocenters. The standard InChI is InChI=1S/C22H27NO5/c1-6-23(13-17-9-10-19(26-4)20(12-17)27-5)21(24)14-28-22(25)18-11-15(2)7-8-16(18)3/h7-12H,6,13-14H2,1-5H3. The third-order valence-corrected chi connectivity index (χ3v) is 4.50. The number of methoxy groups -OCH3 is 2. The lowest BCUT2D eigenvalue weighted by molar-refractivity contribution is -0.134. The van der Waals surface area contributed by atoms with Crippen molar-refractivity contribution in [3.8, 4) is 11.5 Å². The van der Waals surface area contributed by atoms with Crippen LogP contribution in [0.1, 0.15) is 34.0 Å². The predicted molar refractivity (Wildman–Crippen MR) is 107 cm³/mol. The van der Waals surface area contributed by atoms with Gasteiger partial charge in [-0.3, -0.25) is 4.79 Å². The molecule has 0 heterocycles. The van der Waals surface area contributed by atoms with Crippen molar-refractivity contribution < 1.29 is 23.8 Å². The molecule has 0 spiro atoms. The van der Waals surface area contributed by atoms with E-state index < -0.39 is 5.97 Å². The molecule has 0 fully saturated rings. The van der Waals surface area contributed by atoms with Gasteiger partial charge in [-0.15, -0.1) is 0 Å². The molecule has 0 aromatic heterocycles. The highest BCUT2D eigenvalue weighted by atomic mass is 16.5. The van der Waals surface area contributed by atoms with Crippen LogP contribution in [0.25, 0.3) is 0 Å². The monoisotopic (exact) mass is 385 g/mol. The number of carbonyl (C=O) groups is 2. The number of aryl methyl sites for hydroxylation is 2. The molecule has 2 aromatic carbocycles. The molecule has 0 aliphatic heterocycles. The van der Waals surface area contributed by atoms with Crippen molar-refractivity contribution in [2.45, 2.75) is 27.3 Å². The molecular weight excluding hydrogens is 358 g/mol. The average Bonchev–Trinajstić information content (AvgIpc) is 2.71. The Labute approximate surface area is 166 Å². The van der Waals surface area contributed by atoms with Gasteiger partial charge in [-0.2, -0.15) is 0 Å². The molecule has 0 aliphatic rings. The molecule has 6 heteroatoms. The fourth-order valence-corrected chi connectivity index (χ4v) is 2.83. The van der Waals surface area contributed by atoms with E-state index in [1.165, 1.54) is 0 Å². The summed E-state index contributed by atoms with van der Waals surface area (Å²) < 4.78 is 15.8. The second-order valence-corrected chi connectivity index (χ2v) is 6.49. The number of ether oxygens (including phenoxy) is 3. The summed E-state index contributed by atoms with van der Waals surface area (Å²) in [6.07, 6.45) is 0. The SMILES string of the molecule is CCN(Cc1ccc(OC)c(OC)c1)C(=O)COC(=O)c1cc(C)ccc1C. The van der Waals surface area contributed by atoms with Gasteiger partial charge in [0.05, 0.1) is 19.8 Å². The molecule has 0 aliphatic carbocycles. The van der Waals surface area contributed by atoms with Gasteiger partial charge in [-0.1, -0.05) is 23.8 Å². The quantitative estimate of drug-likeness (QED) is 0.651. The van der Waals surface area contributed by atoms with Crippen LogP contribution in [0.4, 0.5) is 0 Å². The zero-order valence-electron chi connectivity index (χ0n) is 17.1. The van der Waals surface area contributed by atoms with E-state index in [1.807, 2.05) is 45.0 Å². The topological polar surface area (TPSA) is 65.1 Å². The van der Waals surface area contributed by atoms with Gasteiger partial charge in [0.2, 0.25) is 0 Å². The summed E-state index contributed by atoms with van der Waals surface area (Å²) in [5, 5.41) is 0. The van der Waals surface area contributed by atoms with Crippen LogP contribution < -0.4 is 9.47 Å². The lowest BCUT2D eigenvalue weighted by atomic mass is 10.1. The lowest BCUT2D eigenvalue weighted by Gasteiger charge is -2.21. The van der Waals surface area contributed by atoms with Gasteiger partial charge in [-0.25, -0.2) is 4.79 Å². The summed E-state index contributed by atoms with van der Waals surface area (Å²) >= 11 is 0. The highest BCUT2D eigenvalue weighted by Crippen LogP contribution is 2.28. The van der Waals surface area contributed by atoms with Crippen molar-refractivity contribution in [2.24, 2.45) is 0 Å². The Hall–Kier alpha value is -3.02. The smallest absolute Gasteiger partial charge is 0.338 e. The Kier molecular flexibility index (Phi) is 7.44.